The number of hydrogen-bond acceptors (Lipinski definition) is 0. The summed E-state index contributed by atoms with van der Waals surface area (Å²) in [4.78, 5) is 0. The lowest BCUT2D eigenvalue weighted by molar-refractivity contribution is 1.13. The molecule has 0 atom stereocenters. The number of rotatable bonds is 4. The van der Waals surface area contributed by atoms with E-state index in [9.17, 15) is 0 Å². The van der Waals surface area contributed by atoms with E-state index in [0.717, 1.165) is 5.69 Å². The van der Waals surface area contributed by atoms with E-state index in [0.29, 0.717) is 0 Å². The van der Waals surface area contributed by atoms with Crippen molar-refractivity contribution in [1.29, 1.82) is 0 Å². The fourth-order valence-corrected chi connectivity index (χ4v) is 6.77. The minimum Gasteiger partial charge on any atom is -0.317 e. The van der Waals surface area contributed by atoms with Gasteiger partial charge in [-0.05, 0) is 99.8 Å². The Morgan fingerprint density at radius 1 is 0.318 bits per heavy atom. The van der Waals surface area contributed by atoms with Crippen molar-refractivity contribution in [3.63, 3.8) is 0 Å². The van der Waals surface area contributed by atoms with Crippen molar-refractivity contribution < 1.29 is 0 Å². The Hall–Kier alpha value is -5.86. The lowest BCUT2D eigenvalue weighted by Gasteiger charge is -2.14. The molecule has 0 aliphatic rings. The minimum atomic E-state index is 1.16. The zero-order valence-electron chi connectivity index (χ0n) is 24.1. The Labute approximate surface area is 255 Å². The number of hydrogen-bond donors (Lipinski definition) is 0. The van der Waals surface area contributed by atoms with Gasteiger partial charge in [0.15, 0.2) is 0 Å². The van der Waals surface area contributed by atoms with Crippen molar-refractivity contribution in [2.45, 2.75) is 0 Å². The second kappa shape index (κ2) is 9.86. The average Bonchev–Trinajstić information content (AvgIpc) is 3.65. The monoisotopic (exact) mass is 560 g/mol. The van der Waals surface area contributed by atoms with Crippen molar-refractivity contribution >= 4 is 43.5 Å². The van der Waals surface area contributed by atoms with Gasteiger partial charge in [-0.3, -0.25) is 0 Å². The van der Waals surface area contributed by atoms with Crippen molar-refractivity contribution in [3.05, 3.63) is 170 Å². The van der Waals surface area contributed by atoms with E-state index in [2.05, 4.69) is 179 Å². The van der Waals surface area contributed by atoms with E-state index < -0.39 is 0 Å². The fourth-order valence-electron chi connectivity index (χ4n) is 6.77. The normalized spacial score (nSPS) is 11.6. The summed E-state index contributed by atoms with van der Waals surface area (Å²) >= 11 is 0. The molecule has 2 heteroatoms. The van der Waals surface area contributed by atoms with Crippen LogP contribution in [0.5, 0.6) is 0 Å². The Morgan fingerprint density at radius 2 is 0.909 bits per heavy atom. The molecule has 9 rings (SSSR count). The van der Waals surface area contributed by atoms with Crippen molar-refractivity contribution in [3.8, 4) is 33.6 Å². The van der Waals surface area contributed by atoms with Crippen LogP contribution in [-0.2, 0) is 0 Å². The van der Waals surface area contributed by atoms with Crippen LogP contribution in [0.1, 0.15) is 0 Å². The predicted molar refractivity (Wildman–Crippen MR) is 186 cm³/mol. The SMILES string of the molecule is c1ccc(-c2cc(-c3ccccc3)cc(-n3c4ccccc4c4cc5cc6c(ccn6-c6ccccc6)cc5cc43)c2)cc1. The highest BCUT2D eigenvalue weighted by Gasteiger charge is 2.16. The Kier molecular flexibility index (Phi) is 5.54. The second-order valence-electron chi connectivity index (χ2n) is 11.5. The third kappa shape index (κ3) is 3.96. The van der Waals surface area contributed by atoms with Crippen LogP contribution < -0.4 is 0 Å². The summed E-state index contributed by atoms with van der Waals surface area (Å²) in [5, 5.41) is 6.24. The topological polar surface area (TPSA) is 9.86 Å². The number of benzene rings is 7. The Morgan fingerprint density at radius 3 is 1.61 bits per heavy atom. The Bertz CT molecular complexity index is 2410. The van der Waals surface area contributed by atoms with Crippen LogP contribution in [0.15, 0.2) is 170 Å². The number of para-hydroxylation sites is 2. The van der Waals surface area contributed by atoms with Gasteiger partial charge in [-0.15, -0.1) is 0 Å². The van der Waals surface area contributed by atoms with Gasteiger partial charge in [0.2, 0.25) is 0 Å². The third-order valence-electron chi connectivity index (χ3n) is 8.86. The molecular weight excluding hydrogens is 532 g/mol. The molecule has 44 heavy (non-hydrogen) atoms. The van der Waals surface area contributed by atoms with Gasteiger partial charge >= 0.3 is 0 Å². The summed E-state index contributed by atoms with van der Waals surface area (Å²) in [5.41, 5.74) is 10.8. The van der Waals surface area contributed by atoms with Crippen LogP contribution in [0.25, 0.3) is 77.1 Å². The number of aromatic nitrogens is 2. The van der Waals surface area contributed by atoms with Gasteiger partial charge < -0.3 is 9.13 Å². The highest BCUT2D eigenvalue weighted by Crippen LogP contribution is 2.38. The van der Waals surface area contributed by atoms with Gasteiger partial charge in [-0.2, -0.15) is 0 Å². The summed E-state index contributed by atoms with van der Waals surface area (Å²) in [6.07, 6.45) is 2.17. The molecule has 206 valence electrons. The van der Waals surface area contributed by atoms with E-state index in [1.807, 2.05) is 0 Å². The second-order valence-corrected chi connectivity index (χ2v) is 11.5. The van der Waals surface area contributed by atoms with Gasteiger partial charge in [0, 0.05) is 33.7 Å². The largest absolute Gasteiger partial charge is 0.317 e. The number of nitrogens with zero attached hydrogens (tertiary/aromatic N) is 2. The Balaban J connectivity index is 1.32. The zero-order valence-corrected chi connectivity index (χ0v) is 24.1. The van der Waals surface area contributed by atoms with Crippen LogP contribution >= 0.6 is 0 Å². The standard InChI is InChI=1S/C42H28N2/c1-4-12-29(13-5-1)32-23-33(30-14-6-2-7-15-30)25-37(24-32)44-40-19-11-10-18-38(40)39-26-35-27-41-31(22-34(35)28-42(39)44)20-21-43(41)36-16-8-3-9-17-36/h1-28H. The molecule has 0 spiro atoms. The summed E-state index contributed by atoms with van der Waals surface area (Å²) in [5.74, 6) is 0. The molecule has 0 N–H and O–H groups in total. The number of fused-ring (bicyclic) bond motifs is 5. The van der Waals surface area contributed by atoms with Gasteiger partial charge in [0.1, 0.15) is 0 Å². The molecule has 0 radical (unpaired) electrons. The summed E-state index contributed by atoms with van der Waals surface area (Å²) in [6.45, 7) is 0. The van der Waals surface area contributed by atoms with E-state index in [1.165, 1.54) is 71.4 Å². The van der Waals surface area contributed by atoms with E-state index >= 15 is 0 Å². The molecule has 2 aromatic heterocycles. The molecule has 0 unspecified atom stereocenters. The summed E-state index contributed by atoms with van der Waals surface area (Å²) < 4.78 is 4.73. The van der Waals surface area contributed by atoms with Crippen LogP contribution in [0, 0.1) is 0 Å². The summed E-state index contributed by atoms with van der Waals surface area (Å²) in [6, 6.07) is 59.4. The first-order valence-electron chi connectivity index (χ1n) is 15.1. The molecule has 0 fully saturated rings. The smallest absolute Gasteiger partial charge is 0.0547 e. The first-order chi connectivity index (χ1) is 21.8. The molecule has 0 bridgehead atoms. The first kappa shape index (κ1) is 24.7. The molecule has 0 aliphatic carbocycles. The van der Waals surface area contributed by atoms with E-state index in [4.69, 9.17) is 0 Å². The highest BCUT2D eigenvalue weighted by molar-refractivity contribution is 6.15. The van der Waals surface area contributed by atoms with Crippen LogP contribution in [0.2, 0.25) is 0 Å². The third-order valence-corrected chi connectivity index (χ3v) is 8.86. The van der Waals surface area contributed by atoms with Gasteiger partial charge in [0.25, 0.3) is 0 Å². The van der Waals surface area contributed by atoms with Crippen LogP contribution in [-0.4, -0.2) is 9.13 Å². The molecule has 0 saturated heterocycles. The zero-order chi connectivity index (χ0) is 29.0. The maximum atomic E-state index is 2.45. The average molecular weight is 561 g/mol. The molecular formula is C42H28N2. The lowest BCUT2D eigenvalue weighted by atomic mass is 9.98. The minimum absolute atomic E-state index is 1.16. The predicted octanol–water partition coefficient (Wildman–Crippen LogP) is 11.2. The molecule has 9 aromatic rings. The van der Waals surface area contributed by atoms with E-state index in [-0.39, 0.29) is 0 Å². The van der Waals surface area contributed by atoms with E-state index in [1.54, 1.807) is 0 Å². The molecule has 0 aliphatic heterocycles. The molecule has 7 aromatic carbocycles. The van der Waals surface area contributed by atoms with Crippen molar-refractivity contribution in [2.75, 3.05) is 0 Å². The maximum absolute atomic E-state index is 2.45. The molecule has 2 heterocycles. The highest BCUT2D eigenvalue weighted by atomic mass is 15.0. The molecule has 2 nitrogen and oxygen atoms in total. The first-order valence-corrected chi connectivity index (χ1v) is 15.1. The van der Waals surface area contributed by atoms with Gasteiger partial charge in [-0.1, -0.05) is 97.1 Å². The van der Waals surface area contributed by atoms with Crippen LogP contribution in [0.3, 0.4) is 0 Å². The maximum Gasteiger partial charge on any atom is 0.0547 e. The van der Waals surface area contributed by atoms with Crippen molar-refractivity contribution in [2.24, 2.45) is 0 Å². The fraction of sp³-hybridized carbons (Fsp3) is 0. The van der Waals surface area contributed by atoms with Crippen LogP contribution in [0.4, 0.5) is 0 Å². The molecule has 0 saturated carbocycles. The summed E-state index contributed by atoms with van der Waals surface area (Å²) in [7, 11) is 0. The lowest BCUT2D eigenvalue weighted by Crippen LogP contribution is -1.96. The molecule has 0 amide bonds. The van der Waals surface area contributed by atoms with Gasteiger partial charge in [0.05, 0.1) is 16.6 Å². The van der Waals surface area contributed by atoms with Gasteiger partial charge in [-0.25, -0.2) is 0 Å². The quantitative estimate of drug-likeness (QED) is 0.203. The van der Waals surface area contributed by atoms with Crippen molar-refractivity contribution in [1.82, 2.24) is 9.13 Å².